The van der Waals surface area contributed by atoms with Crippen molar-refractivity contribution in [2.45, 2.75) is 33.6 Å². The predicted molar refractivity (Wildman–Crippen MR) is 67.8 cm³/mol. The lowest BCUT2D eigenvalue weighted by atomic mass is 10.1. The van der Waals surface area contributed by atoms with Crippen molar-refractivity contribution < 1.29 is 4.79 Å². The van der Waals surface area contributed by atoms with Crippen molar-refractivity contribution in [2.75, 3.05) is 13.6 Å². The third kappa shape index (κ3) is 3.09. The fraction of sp³-hybridized carbons (Fsp3) is 0.500. The van der Waals surface area contributed by atoms with E-state index >= 15 is 0 Å². The normalized spacial score (nSPS) is 10.2. The molecule has 1 aromatic rings. The zero-order valence-corrected chi connectivity index (χ0v) is 10.7. The van der Waals surface area contributed by atoms with Gasteiger partial charge in [-0.3, -0.25) is 4.79 Å². The number of hydrogen-bond acceptors (Lipinski definition) is 1. The first-order chi connectivity index (χ1) is 7.56. The van der Waals surface area contributed by atoms with Gasteiger partial charge in [-0.2, -0.15) is 0 Å². The summed E-state index contributed by atoms with van der Waals surface area (Å²) in [5.41, 5.74) is 3.20. The second-order valence-electron chi connectivity index (χ2n) is 4.38. The van der Waals surface area contributed by atoms with E-state index in [0.29, 0.717) is 0 Å². The van der Waals surface area contributed by atoms with Crippen LogP contribution in [0.1, 0.15) is 41.3 Å². The van der Waals surface area contributed by atoms with Crippen LogP contribution in [0.25, 0.3) is 0 Å². The highest BCUT2D eigenvalue weighted by Gasteiger charge is 2.11. The molecular formula is C14H21NO. The Labute approximate surface area is 98.3 Å². The van der Waals surface area contributed by atoms with E-state index in [9.17, 15) is 4.79 Å². The lowest BCUT2D eigenvalue weighted by Gasteiger charge is -2.17. The maximum Gasteiger partial charge on any atom is 0.253 e. The van der Waals surface area contributed by atoms with Gasteiger partial charge in [-0.05, 0) is 43.5 Å². The highest BCUT2D eigenvalue weighted by Crippen LogP contribution is 2.11. The number of benzene rings is 1. The van der Waals surface area contributed by atoms with E-state index in [1.54, 1.807) is 4.90 Å². The Bertz CT molecular complexity index is 371. The Morgan fingerprint density at radius 2 is 1.94 bits per heavy atom. The maximum absolute atomic E-state index is 12.0. The molecule has 2 heteroatoms. The van der Waals surface area contributed by atoms with Crippen LogP contribution in [0.3, 0.4) is 0 Å². The Morgan fingerprint density at radius 1 is 1.25 bits per heavy atom. The van der Waals surface area contributed by atoms with E-state index in [1.807, 2.05) is 32.2 Å². The van der Waals surface area contributed by atoms with Crippen molar-refractivity contribution in [3.05, 3.63) is 34.9 Å². The molecule has 0 aliphatic carbocycles. The first-order valence-electron chi connectivity index (χ1n) is 5.89. The van der Waals surface area contributed by atoms with E-state index in [2.05, 4.69) is 13.8 Å². The van der Waals surface area contributed by atoms with Crippen LogP contribution in [0.4, 0.5) is 0 Å². The molecule has 0 spiro atoms. The molecule has 0 heterocycles. The minimum Gasteiger partial charge on any atom is -0.342 e. The number of nitrogens with zero attached hydrogens (tertiary/aromatic N) is 1. The predicted octanol–water partition coefficient (Wildman–Crippen LogP) is 3.18. The monoisotopic (exact) mass is 219 g/mol. The van der Waals surface area contributed by atoms with Crippen molar-refractivity contribution in [3.63, 3.8) is 0 Å². The van der Waals surface area contributed by atoms with Gasteiger partial charge in [0.15, 0.2) is 0 Å². The molecule has 88 valence electrons. The Hall–Kier alpha value is -1.31. The zero-order chi connectivity index (χ0) is 12.1. The van der Waals surface area contributed by atoms with Crippen molar-refractivity contribution >= 4 is 5.91 Å². The van der Waals surface area contributed by atoms with Crippen LogP contribution in [0.15, 0.2) is 18.2 Å². The van der Waals surface area contributed by atoms with Gasteiger partial charge < -0.3 is 4.90 Å². The van der Waals surface area contributed by atoms with E-state index in [-0.39, 0.29) is 5.91 Å². The molecule has 1 amide bonds. The van der Waals surface area contributed by atoms with Crippen molar-refractivity contribution in [1.29, 1.82) is 0 Å². The SMILES string of the molecule is CCCCN(C)C(=O)c1ccc(C)c(C)c1. The van der Waals surface area contributed by atoms with Crippen LogP contribution in [0, 0.1) is 13.8 Å². The fourth-order valence-corrected chi connectivity index (χ4v) is 1.59. The number of unbranched alkanes of at least 4 members (excludes halogenated alkanes) is 1. The average molecular weight is 219 g/mol. The van der Waals surface area contributed by atoms with E-state index < -0.39 is 0 Å². The Morgan fingerprint density at radius 3 is 2.50 bits per heavy atom. The molecule has 0 N–H and O–H groups in total. The highest BCUT2D eigenvalue weighted by atomic mass is 16.2. The Balaban J connectivity index is 2.76. The van der Waals surface area contributed by atoms with Gasteiger partial charge in [0.2, 0.25) is 0 Å². The lowest BCUT2D eigenvalue weighted by molar-refractivity contribution is 0.0793. The summed E-state index contributed by atoms with van der Waals surface area (Å²) in [5, 5.41) is 0. The van der Waals surface area contributed by atoms with Crippen molar-refractivity contribution in [2.24, 2.45) is 0 Å². The zero-order valence-electron chi connectivity index (χ0n) is 10.7. The molecule has 16 heavy (non-hydrogen) atoms. The van der Waals surface area contributed by atoms with E-state index in [1.165, 1.54) is 11.1 Å². The molecule has 0 aromatic heterocycles. The van der Waals surface area contributed by atoms with Crippen LogP contribution >= 0.6 is 0 Å². The van der Waals surface area contributed by atoms with Gasteiger partial charge >= 0.3 is 0 Å². The third-order valence-electron chi connectivity index (χ3n) is 2.95. The molecule has 0 unspecified atom stereocenters. The number of rotatable bonds is 4. The van der Waals surface area contributed by atoms with Crippen LogP contribution < -0.4 is 0 Å². The summed E-state index contributed by atoms with van der Waals surface area (Å²) in [4.78, 5) is 13.8. The van der Waals surface area contributed by atoms with E-state index in [4.69, 9.17) is 0 Å². The molecule has 1 aromatic carbocycles. The van der Waals surface area contributed by atoms with Gasteiger partial charge in [0, 0.05) is 19.2 Å². The Kier molecular flexibility index (Phi) is 4.53. The summed E-state index contributed by atoms with van der Waals surface area (Å²) in [6.07, 6.45) is 2.18. The molecule has 2 nitrogen and oxygen atoms in total. The van der Waals surface area contributed by atoms with Gasteiger partial charge in [0.25, 0.3) is 5.91 Å². The first kappa shape index (κ1) is 12.8. The highest BCUT2D eigenvalue weighted by molar-refractivity contribution is 5.94. The molecule has 0 saturated heterocycles. The van der Waals surface area contributed by atoms with E-state index in [0.717, 1.165) is 24.9 Å². The quantitative estimate of drug-likeness (QED) is 0.761. The molecule has 0 aliphatic heterocycles. The summed E-state index contributed by atoms with van der Waals surface area (Å²) < 4.78 is 0. The van der Waals surface area contributed by atoms with Crippen LogP contribution in [0.2, 0.25) is 0 Å². The molecule has 0 bridgehead atoms. The average Bonchev–Trinajstić information content (AvgIpc) is 2.28. The van der Waals surface area contributed by atoms with Gasteiger partial charge in [-0.15, -0.1) is 0 Å². The number of hydrogen-bond donors (Lipinski definition) is 0. The molecule has 0 fully saturated rings. The molecule has 0 saturated carbocycles. The molecule has 0 radical (unpaired) electrons. The number of carbonyl (C=O) groups is 1. The number of carbonyl (C=O) groups excluding carboxylic acids is 1. The third-order valence-corrected chi connectivity index (χ3v) is 2.95. The smallest absolute Gasteiger partial charge is 0.253 e. The second-order valence-corrected chi connectivity index (χ2v) is 4.38. The minimum absolute atomic E-state index is 0.122. The van der Waals surface area contributed by atoms with Crippen LogP contribution in [0.5, 0.6) is 0 Å². The van der Waals surface area contributed by atoms with Gasteiger partial charge in [-0.1, -0.05) is 19.4 Å². The summed E-state index contributed by atoms with van der Waals surface area (Å²) in [5.74, 6) is 0.122. The molecule has 0 atom stereocenters. The number of amides is 1. The van der Waals surface area contributed by atoms with Gasteiger partial charge in [0.05, 0.1) is 0 Å². The maximum atomic E-state index is 12.0. The minimum atomic E-state index is 0.122. The largest absolute Gasteiger partial charge is 0.342 e. The first-order valence-corrected chi connectivity index (χ1v) is 5.89. The van der Waals surface area contributed by atoms with Crippen LogP contribution in [-0.4, -0.2) is 24.4 Å². The second kappa shape index (κ2) is 5.69. The van der Waals surface area contributed by atoms with Crippen molar-refractivity contribution in [1.82, 2.24) is 4.90 Å². The standard InChI is InChI=1S/C14H21NO/c1-5-6-9-15(4)14(16)13-8-7-11(2)12(3)10-13/h7-8,10H,5-6,9H2,1-4H3. The molecule has 0 aliphatic rings. The molecular weight excluding hydrogens is 198 g/mol. The fourth-order valence-electron chi connectivity index (χ4n) is 1.59. The molecule has 1 rings (SSSR count). The summed E-state index contributed by atoms with van der Waals surface area (Å²) in [6, 6.07) is 5.89. The summed E-state index contributed by atoms with van der Waals surface area (Å²) in [7, 11) is 1.87. The lowest BCUT2D eigenvalue weighted by Crippen LogP contribution is -2.27. The van der Waals surface area contributed by atoms with Gasteiger partial charge in [-0.25, -0.2) is 0 Å². The van der Waals surface area contributed by atoms with Gasteiger partial charge in [0.1, 0.15) is 0 Å². The summed E-state index contributed by atoms with van der Waals surface area (Å²) >= 11 is 0. The van der Waals surface area contributed by atoms with Crippen molar-refractivity contribution in [3.8, 4) is 0 Å². The van der Waals surface area contributed by atoms with Crippen LogP contribution in [-0.2, 0) is 0 Å². The summed E-state index contributed by atoms with van der Waals surface area (Å²) in [6.45, 7) is 7.07. The number of aryl methyl sites for hydroxylation is 2. The topological polar surface area (TPSA) is 20.3 Å².